The number of amides is 2. The Kier molecular flexibility index (Phi) is 6.10. The predicted molar refractivity (Wildman–Crippen MR) is 116 cm³/mol. The Morgan fingerprint density at radius 3 is 2.78 bits per heavy atom. The second-order valence-electron chi connectivity index (χ2n) is 6.86. The average Bonchev–Trinajstić information content (AvgIpc) is 3.21. The van der Waals surface area contributed by atoms with Gasteiger partial charge in [-0.15, -0.1) is 23.1 Å². The lowest BCUT2D eigenvalue weighted by Crippen LogP contribution is -2.73. The van der Waals surface area contributed by atoms with Gasteiger partial charge >= 0.3 is 5.97 Å². The topological polar surface area (TPSA) is 151 Å². The number of allylic oxidation sites excluding steroid dienone is 1. The number of carboxylic acid groups (broad SMARTS) is 1. The van der Waals surface area contributed by atoms with Gasteiger partial charge in [0.1, 0.15) is 24.5 Å². The first-order valence-corrected chi connectivity index (χ1v) is 11.3. The van der Waals surface area contributed by atoms with Crippen molar-refractivity contribution in [1.29, 1.82) is 0 Å². The molecule has 0 radical (unpaired) electrons. The maximum Gasteiger partial charge on any atom is 0.353 e. The summed E-state index contributed by atoms with van der Waals surface area (Å²) in [6.45, 7) is 0.330. The standard InChI is InChI=1S/C19H18N6O5S2/c1-30-23-13(10-8-32-19(20)21-10)16(26)22-14-11-9-31-12(7-24-5-3-2-4-6-24)15(18(28)29)25(11)17(14)27/h2-6,8,11,14H,7,9H2,1H3,(H3-,20,21,22,26,28,29)/p+1/b23-13+/t11-,14+/m1/s1. The molecule has 4 rings (SSSR count). The van der Waals surface area contributed by atoms with Crippen LogP contribution < -0.4 is 15.6 Å². The SMILES string of the molecule is CO/N=C(/C(=O)N[C@@H]1C(=O)N2C(C(=O)O)=C(C[n+]3ccccc3)SC[C@H]12)c1csc(N)n1. The van der Waals surface area contributed by atoms with Crippen molar-refractivity contribution in [2.24, 2.45) is 5.16 Å². The molecule has 13 heteroatoms. The number of nitrogens with two attached hydrogens (primary N) is 1. The van der Waals surface area contributed by atoms with E-state index in [1.807, 2.05) is 35.2 Å². The minimum atomic E-state index is -1.19. The minimum Gasteiger partial charge on any atom is -0.477 e. The van der Waals surface area contributed by atoms with Gasteiger partial charge in [-0.05, 0) is 0 Å². The van der Waals surface area contributed by atoms with Crippen molar-refractivity contribution in [2.75, 3.05) is 18.6 Å². The van der Waals surface area contributed by atoms with Crippen molar-refractivity contribution in [1.82, 2.24) is 15.2 Å². The van der Waals surface area contributed by atoms with Crippen LogP contribution in [-0.4, -0.2) is 63.4 Å². The molecule has 0 spiro atoms. The van der Waals surface area contributed by atoms with Gasteiger partial charge in [-0.1, -0.05) is 11.2 Å². The third-order valence-electron chi connectivity index (χ3n) is 4.91. The van der Waals surface area contributed by atoms with Crippen LogP contribution in [0, 0.1) is 0 Å². The first-order chi connectivity index (χ1) is 15.4. The number of carbonyl (C=O) groups is 3. The van der Waals surface area contributed by atoms with E-state index in [-0.39, 0.29) is 22.2 Å². The molecule has 0 saturated carbocycles. The van der Waals surface area contributed by atoms with Crippen LogP contribution in [0.5, 0.6) is 0 Å². The zero-order chi connectivity index (χ0) is 22.8. The first-order valence-electron chi connectivity index (χ1n) is 9.40. The van der Waals surface area contributed by atoms with E-state index in [1.54, 1.807) is 5.38 Å². The zero-order valence-electron chi connectivity index (χ0n) is 16.8. The van der Waals surface area contributed by atoms with E-state index in [9.17, 15) is 19.5 Å². The van der Waals surface area contributed by atoms with Crippen molar-refractivity contribution in [3.8, 4) is 0 Å². The van der Waals surface area contributed by atoms with Gasteiger partial charge in [-0.2, -0.15) is 0 Å². The lowest BCUT2D eigenvalue weighted by Gasteiger charge is -2.49. The molecule has 11 nitrogen and oxygen atoms in total. The Balaban J connectivity index is 1.53. The van der Waals surface area contributed by atoms with E-state index >= 15 is 0 Å². The highest BCUT2D eigenvalue weighted by molar-refractivity contribution is 8.03. The number of carbonyl (C=O) groups excluding carboxylic acids is 2. The molecule has 4 heterocycles. The summed E-state index contributed by atoms with van der Waals surface area (Å²) >= 11 is 2.50. The third-order valence-corrected chi connectivity index (χ3v) is 6.76. The van der Waals surface area contributed by atoms with Crippen molar-refractivity contribution >= 4 is 51.7 Å². The molecule has 2 aromatic rings. The number of nitrogens with zero attached hydrogens (tertiary/aromatic N) is 4. The maximum atomic E-state index is 12.9. The zero-order valence-corrected chi connectivity index (χ0v) is 18.4. The third kappa shape index (κ3) is 4.03. The number of fused-ring (bicyclic) bond motifs is 1. The number of hydrogen-bond acceptors (Lipinski definition) is 9. The number of β-lactam (4-membered cyclic amide) rings is 1. The lowest BCUT2D eigenvalue weighted by molar-refractivity contribution is -0.687. The number of rotatable bonds is 7. The molecule has 166 valence electrons. The van der Waals surface area contributed by atoms with Crippen molar-refractivity contribution in [3.05, 3.63) is 52.3 Å². The summed E-state index contributed by atoms with van der Waals surface area (Å²) in [5, 5.41) is 17.9. The number of carboxylic acids is 1. The summed E-state index contributed by atoms with van der Waals surface area (Å²) in [6, 6.07) is 4.17. The molecule has 0 unspecified atom stereocenters. The second-order valence-corrected chi connectivity index (χ2v) is 8.86. The van der Waals surface area contributed by atoms with E-state index in [1.165, 1.54) is 23.8 Å². The van der Waals surface area contributed by atoms with Gasteiger partial charge < -0.3 is 21.0 Å². The summed E-state index contributed by atoms with van der Waals surface area (Å²) in [5.41, 5.74) is 5.67. The summed E-state index contributed by atoms with van der Waals surface area (Å²) in [5.74, 6) is -1.90. The molecule has 2 aliphatic rings. The first kappa shape index (κ1) is 21.8. The van der Waals surface area contributed by atoms with Gasteiger partial charge in [-0.25, -0.2) is 14.3 Å². The molecule has 2 atom stereocenters. The summed E-state index contributed by atoms with van der Waals surface area (Å²) in [6.07, 6.45) is 3.64. The molecule has 32 heavy (non-hydrogen) atoms. The van der Waals surface area contributed by atoms with Crippen LogP contribution in [-0.2, 0) is 25.8 Å². The van der Waals surface area contributed by atoms with Gasteiger partial charge in [0, 0.05) is 23.3 Å². The fourth-order valence-corrected chi connectivity index (χ4v) is 5.31. The van der Waals surface area contributed by atoms with Gasteiger partial charge in [0.25, 0.3) is 11.8 Å². The van der Waals surface area contributed by atoms with Gasteiger partial charge in [0.15, 0.2) is 29.8 Å². The highest BCUT2D eigenvalue weighted by Gasteiger charge is 2.54. The molecule has 1 fully saturated rings. The molecule has 0 aliphatic carbocycles. The largest absolute Gasteiger partial charge is 0.477 e. The van der Waals surface area contributed by atoms with Crippen LogP contribution >= 0.6 is 23.1 Å². The normalized spacial score (nSPS) is 20.5. The van der Waals surface area contributed by atoms with Crippen LogP contribution in [0.2, 0.25) is 0 Å². The number of pyridine rings is 1. The van der Waals surface area contributed by atoms with Gasteiger partial charge in [0.05, 0.1) is 10.9 Å². The number of nitrogens with one attached hydrogen (secondary N) is 1. The Morgan fingerprint density at radius 1 is 1.41 bits per heavy atom. The van der Waals surface area contributed by atoms with Crippen molar-refractivity contribution < 1.29 is 28.9 Å². The Labute approximate surface area is 190 Å². The van der Waals surface area contributed by atoms with Crippen LogP contribution in [0.4, 0.5) is 5.13 Å². The van der Waals surface area contributed by atoms with E-state index < -0.39 is 29.9 Å². The van der Waals surface area contributed by atoms with Gasteiger partial charge in [0.2, 0.25) is 0 Å². The fourth-order valence-electron chi connectivity index (χ4n) is 3.49. The quantitative estimate of drug-likeness (QED) is 0.216. The molecule has 1 saturated heterocycles. The van der Waals surface area contributed by atoms with E-state index in [0.717, 1.165) is 11.3 Å². The molecule has 2 amide bonds. The van der Waals surface area contributed by atoms with Crippen LogP contribution in [0.15, 0.2) is 51.7 Å². The smallest absolute Gasteiger partial charge is 0.353 e. The maximum absolute atomic E-state index is 12.9. The Hall–Kier alpha value is -3.45. The van der Waals surface area contributed by atoms with Crippen LogP contribution in [0.1, 0.15) is 5.69 Å². The van der Waals surface area contributed by atoms with E-state index in [2.05, 4.69) is 15.5 Å². The van der Waals surface area contributed by atoms with Crippen molar-refractivity contribution in [3.63, 3.8) is 0 Å². The molecule has 2 aromatic heterocycles. The molecular formula is C19H19N6O5S2+. The lowest BCUT2D eigenvalue weighted by atomic mass is 9.94. The Morgan fingerprint density at radius 2 is 2.16 bits per heavy atom. The number of aromatic nitrogens is 2. The molecular weight excluding hydrogens is 456 g/mol. The molecule has 0 bridgehead atoms. The monoisotopic (exact) mass is 475 g/mol. The number of nitrogen functional groups attached to an aromatic ring is 1. The van der Waals surface area contributed by atoms with E-state index in [0.29, 0.717) is 17.2 Å². The number of anilines is 1. The molecule has 0 aromatic carbocycles. The number of hydrogen-bond donors (Lipinski definition) is 3. The number of aliphatic carboxylic acids is 1. The fraction of sp³-hybridized carbons (Fsp3) is 0.263. The Bertz CT molecular complexity index is 1130. The average molecular weight is 476 g/mol. The summed E-state index contributed by atoms with van der Waals surface area (Å²) in [7, 11) is 1.28. The predicted octanol–water partition coefficient (Wildman–Crippen LogP) is -0.198. The molecule has 2 aliphatic heterocycles. The minimum absolute atomic E-state index is 0.0591. The highest BCUT2D eigenvalue weighted by atomic mass is 32.2. The molecule has 4 N–H and O–H groups in total. The number of thioether (sulfide) groups is 1. The van der Waals surface area contributed by atoms with Crippen LogP contribution in [0.3, 0.4) is 0 Å². The summed E-state index contributed by atoms with van der Waals surface area (Å²) in [4.78, 5) is 48.2. The number of oxime groups is 1. The highest BCUT2D eigenvalue weighted by Crippen LogP contribution is 2.39. The van der Waals surface area contributed by atoms with E-state index in [4.69, 9.17) is 10.6 Å². The van der Waals surface area contributed by atoms with Gasteiger partial charge in [-0.3, -0.25) is 14.5 Å². The second kappa shape index (κ2) is 8.96. The summed E-state index contributed by atoms with van der Waals surface area (Å²) < 4.78 is 1.84. The van der Waals surface area contributed by atoms with Crippen molar-refractivity contribution in [2.45, 2.75) is 18.6 Å². The number of thiazole rings is 1. The van der Waals surface area contributed by atoms with Crippen LogP contribution in [0.25, 0.3) is 0 Å².